The van der Waals surface area contributed by atoms with Crippen molar-refractivity contribution in [1.82, 2.24) is 0 Å². The zero-order valence-electron chi connectivity index (χ0n) is 8.99. The number of esters is 1. The van der Waals surface area contributed by atoms with E-state index in [1.807, 2.05) is 0 Å². The molecule has 0 unspecified atom stereocenters. The van der Waals surface area contributed by atoms with Crippen LogP contribution in [-0.4, -0.2) is 24.2 Å². The van der Waals surface area contributed by atoms with E-state index in [4.69, 9.17) is 16.7 Å². The van der Waals surface area contributed by atoms with Gasteiger partial charge in [0.1, 0.15) is 0 Å². The predicted octanol–water partition coefficient (Wildman–Crippen LogP) is 1.49. The van der Waals surface area contributed by atoms with Gasteiger partial charge in [-0.05, 0) is 17.7 Å². The molecular formula is C12H9ClO4. The maximum Gasteiger partial charge on any atom is 0.384 e. The van der Waals surface area contributed by atoms with E-state index >= 15 is 0 Å². The highest BCUT2D eigenvalue weighted by Crippen LogP contribution is 2.15. The molecule has 4 nitrogen and oxygen atoms in total. The third kappa shape index (κ3) is 4.17. The van der Waals surface area contributed by atoms with Gasteiger partial charge >= 0.3 is 11.9 Å². The van der Waals surface area contributed by atoms with Crippen molar-refractivity contribution < 1.29 is 19.4 Å². The standard InChI is InChI=1S/C12H9ClO4/c1-17-12(16)5-3-8-6-10(13)4-2-9(8)7-11(14)15/h2,4,6H,7H2,1H3,(H,14,15). The lowest BCUT2D eigenvalue weighted by molar-refractivity contribution is -0.136. The second-order valence-electron chi connectivity index (χ2n) is 3.11. The molecule has 0 spiro atoms. The summed E-state index contributed by atoms with van der Waals surface area (Å²) in [5.74, 6) is 3.10. The Morgan fingerprint density at radius 1 is 1.47 bits per heavy atom. The average Bonchev–Trinajstić information content (AvgIpc) is 2.28. The first-order valence-corrected chi connectivity index (χ1v) is 5.01. The van der Waals surface area contributed by atoms with Gasteiger partial charge in [-0.15, -0.1) is 0 Å². The molecule has 5 heteroatoms. The van der Waals surface area contributed by atoms with Crippen molar-refractivity contribution in [1.29, 1.82) is 0 Å². The fourth-order valence-corrected chi connectivity index (χ4v) is 1.32. The number of carboxylic acid groups (broad SMARTS) is 1. The molecule has 0 heterocycles. The number of hydrogen-bond acceptors (Lipinski definition) is 3. The van der Waals surface area contributed by atoms with Gasteiger partial charge in [0, 0.05) is 16.5 Å². The van der Waals surface area contributed by atoms with Crippen LogP contribution in [0.2, 0.25) is 5.02 Å². The van der Waals surface area contributed by atoms with Gasteiger partial charge in [0.25, 0.3) is 0 Å². The van der Waals surface area contributed by atoms with Crippen molar-refractivity contribution >= 4 is 23.5 Å². The van der Waals surface area contributed by atoms with E-state index in [0.717, 1.165) is 0 Å². The summed E-state index contributed by atoms with van der Waals surface area (Å²) in [5.41, 5.74) is 0.906. The Bertz CT molecular complexity index is 511. The van der Waals surface area contributed by atoms with Crippen LogP contribution in [0.1, 0.15) is 11.1 Å². The number of benzene rings is 1. The molecule has 1 aromatic carbocycles. The summed E-state index contributed by atoms with van der Waals surface area (Å²) in [6.45, 7) is 0. The Hall–Kier alpha value is -1.99. The first kappa shape index (κ1) is 13.1. The molecule has 17 heavy (non-hydrogen) atoms. The zero-order valence-corrected chi connectivity index (χ0v) is 9.75. The molecule has 0 radical (unpaired) electrons. The van der Waals surface area contributed by atoms with E-state index in [2.05, 4.69) is 16.6 Å². The molecule has 0 fully saturated rings. The first-order chi connectivity index (χ1) is 8.02. The minimum Gasteiger partial charge on any atom is -0.481 e. The van der Waals surface area contributed by atoms with Gasteiger partial charge in [-0.2, -0.15) is 0 Å². The Morgan fingerprint density at radius 2 is 2.18 bits per heavy atom. The Kier molecular flexibility index (Phi) is 4.56. The number of ether oxygens (including phenoxy) is 1. The van der Waals surface area contributed by atoms with Gasteiger partial charge in [-0.25, -0.2) is 4.79 Å². The Labute approximate surface area is 103 Å². The van der Waals surface area contributed by atoms with Crippen molar-refractivity contribution in [2.24, 2.45) is 0 Å². The van der Waals surface area contributed by atoms with Crippen LogP contribution in [0.15, 0.2) is 18.2 Å². The minimum atomic E-state index is -0.978. The number of carbonyl (C=O) groups excluding carboxylic acids is 1. The quantitative estimate of drug-likeness (QED) is 0.640. The molecule has 0 aliphatic carbocycles. The molecule has 1 rings (SSSR count). The summed E-state index contributed by atoms with van der Waals surface area (Å²) in [6.07, 6.45) is -0.178. The van der Waals surface area contributed by atoms with Crippen molar-refractivity contribution in [3.8, 4) is 11.8 Å². The van der Waals surface area contributed by atoms with Crippen LogP contribution in [0, 0.1) is 11.8 Å². The summed E-state index contributed by atoms with van der Waals surface area (Å²) < 4.78 is 4.36. The van der Waals surface area contributed by atoms with Gasteiger partial charge in [0.2, 0.25) is 0 Å². The number of carbonyl (C=O) groups is 2. The molecule has 0 amide bonds. The van der Waals surface area contributed by atoms with Crippen molar-refractivity contribution in [3.05, 3.63) is 34.3 Å². The molecular weight excluding hydrogens is 244 g/mol. The smallest absolute Gasteiger partial charge is 0.384 e. The molecule has 88 valence electrons. The van der Waals surface area contributed by atoms with Crippen molar-refractivity contribution in [3.63, 3.8) is 0 Å². The Morgan fingerprint density at radius 3 is 2.76 bits per heavy atom. The molecule has 1 N–H and O–H groups in total. The van der Waals surface area contributed by atoms with Crippen LogP contribution in [-0.2, 0) is 20.7 Å². The molecule has 0 bridgehead atoms. The van der Waals surface area contributed by atoms with E-state index in [1.54, 1.807) is 12.1 Å². The van der Waals surface area contributed by atoms with Gasteiger partial charge in [0.05, 0.1) is 13.5 Å². The lowest BCUT2D eigenvalue weighted by atomic mass is 10.1. The summed E-state index contributed by atoms with van der Waals surface area (Å²) in [7, 11) is 1.22. The van der Waals surface area contributed by atoms with Crippen LogP contribution >= 0.6 is 11.6 Å². The summed E-state index contributed by atoms with van der Waals surface area (Å²) in [4.78, 5) is 21.5. The van der Waals surface area contributed by atoms with E-state index in [0.29, 0.717) is 16.1 Å². The lowest BCUT2D eigenvalue weighted by Crippen LogP contribution is -2.02. The van der Waals surface area contributed by atoms with Gasteiger partial charge in [0.15, 0.2) is 0 Å². The molecule has 1 aromatic rings. The summed E-state index contributed by atoms with van der Waals surface area (Å²) in [5, 5.41) is 9.14. The maximum absolute atomic E-state index is 10.9. The number of halogens is 1. The second kappa shape index (κ2) is 5.92. The number of carboxylic acids is 1. The highest BCUT2D eigenvalue weighted by molar-refractivity contribution is 6.30. The molecule has 0 aromatic heterocycles. The number of methoxy groups -OCH3 is 1. The van der Waals surface area contributed by atoms with Crippen LogP contribution in [0.5, 0.6) is 0 Å². The first-order valence-electron chi connectivity index (χ1n) is 4.63. The van der Waals surface area contributed by atoms with Crippen LogP contribution in [0.25, 0.3) is 0 Å². The van der Waals surface area contributed by atoms with E-state index in [1.165, 1.54) is 13.2 Å². The molecule has 0 atom stereocenters. The van der Waals surface area contributed by atoms with Crippen molar-refractivity contribution in [2.45, 2.75) is 6.42 Å². The molecule has 0 aliphatic rings. The molecule has 0 aliphatic heterocycles. The van der Waals surface area contributed by atoms with Crippen LogP contribution in [0.4, 0.5) is 0 Å². The fraction of sp³-hybridized carbons (Fsp3) is 0.167. The van der Waals surface area contributed by atoms with Crippen LogP contribution in [0.3, 0.4) is 0 Å². The summed E-state index contributed by atoms with van der Waals surface area (Å²) >= 11 is 5.77. The molecule has 0 saturated heterocycles. The van der Waals surface area contributed by atoms with E-state index < -0.39 is 11.9 Å². The lowest BCUT2D eigenvalue weighted by Gasteiger charge is -2.01. The van der Waals surface area contributed by atoms with Gasteiger partial charge < -0.3 is 9.84 Å². The van der Waals surface area contributed by atoms with E-state index in [-0.39, 0.29) is 6.42 Å². The fourth-order valence-electron chi connectivity index (χ4n) is 1.15. The topological polar surface area (TPSA) is 63.6 Å². The highest BCUT2D eigenvalue weighted by atomic mass is 35.5. The predicted molar refractivity (Wildman–Crippen MR) is 61.7 cm³/mol. The zero-order chi connectivity index (χ0) is 12.8. The maximum atomic E-state index is 10.9. The van der Waals surface area contributed by atoms with E-state index in [9.17, 15) is 9.59 Å². The van der Waals surface area contributed by atoms with Gasteiger partial charge in [-0.3, -0.25) is 4.79 Å². The normalized spacial score (nSPS) is 9.06. The largest absolute Gasteiger partial charge is 0.481 e. The number of hydrogen-bond donors (Lipinski definition) is 1. The summed E-state index contributed by atoms with van der Waals surface area (Å²) in [6, 6.07) is 4.65. The SMILES string of the molecule is COC(=O)C#Cc1cc(Cl)ccc1CC(=O)O. The van der Waals surface area contributed by atoms with Gasteiger partial charge in [-0.1, -0.05) is 23.6 Å². The Balaban J connectivity index is 3.09. The van der Waals surface area contributed by atoms with Crippen LogP contribution < -0.4 is 0 Å². The number of aliphatic carboxylic acids is 1. The highest BCUT2D eigenvalue weighted by Gasteiger charge is 2.06. The number of rotatable bonds is 2. The third-order valence-corrected chi connectivity index (χ3v) is 2.13. The monoisotopic (exact) mass is 252 g/mol. The third-order valence-electron chi connectivity index (χ3n) is 1.90. The second-order valence-corrected chi connectivity index (χ2v) is 3.55. The van der Waals surface area contributed by atoms with Crippen molar-refractivity contribution in [2.75, 3.05) is 7.11 Å². The average molecular weight is 253 g/mol. The molecule has 0 saturated carbocycles. The minimum absolute atomic E-state index is 0.178.